The second kappa shape index (κ2) is 5.84. The van der Waals surface area contributed by atoms with Gasteiger partial charge in [0.05, 0.1) is 12.7 Å². The monoisotopic (exact) mass is 190 g/mol. The lowest BCUT2D eigenvalue weighted by Crippen LogP contribution is -2.22. The first-order valence-corrected chi connectivity index (χ1v) is 5.80. The van der Waals surface area contributed by atoms with Crippen LogP contribution in [0.25, 0.3) is 0 Å². The fourth-order valence-electron chi connectivity index (χ4n) is 1.65. The molecule has 0 heterocycles. The van der Waals surface area contributed by atoms with E-state index in [1.54, 1.807) is 11.8 Å². The number of hydrogen-bond donors (Lipinski definition) is 2. The number of aliphatic hydroxyl groups is 2. The molecule has 0 aliphatic heterocycles. The van der Waals surface area contributed by atoms with E-state index in [2.05, 4.69) is 0 Å². The van der Waals surface area contributed by atoms with E-state index in [9.17, 15) is 5.11 Å². The largest absolute Gasteiger partial charge is 0.396 e. The van der Waals surface area contributed by atoms with Crippen molar-refractivity contribution >= 4 is 11.8 Å². The molecular formula is C9H18O2S. The van der Waals surface area contributed by atoms with Crippen molar-refractivity contribution in [2.75, 3.05) is 12.4 Å². The number of aliphatic hydroxyl groups excluding tert-OH is 2. The van der Waals surface area contributed by atoms with E-state index in [4.69, 9.17) is 5.11 Å². The van der Waals surface area contributed by atoms with Gasteiger partial charge in [0.25, 0.3) is 0 Å². The molecule has 2 atom stereocenters. The Balaban J connectivity index is 2.26. The summed E-state index contributed by atoms with van der Waals surface area (Å²) in [6.45, 7) is 0.230. The zero-order valence-electron chi connectivity index (χ0n) is 7.41. The molecule has 2 unspecified atom stereocenters. The Morgan fingerprint density at radius 3 is 2.67 bits per heavy atom. The van der Waals surface area contributed by atoms with Crippen LogP contribution >= 0.6 is 11.8 Å². The Bertz CT molecular complexity index is 119. The van der Waals surface area contributed by atoms with Crippen LogP contribution in [0.2, 0.25) is 0 Å². The fourth-order valence-corrected chi connectivity index (χ4v) is 2.75. The smallest absolute Gasteiger partial charge is 0.0658 e. The van der Waals surface area contributed by atoms with Crippen molar-refractivity contribution in [2.24, 2.45) is 0 Å². The average molecular weight is 190 g/mol. The zero-order valence-corrected chi connectivity index (χ0v) is 8.22. The summed E-state index contributed by atoms with van der Waals surface area (Å²) in [5.41, 5.74) is 0. The predicted octanol–water partition coefficient (Wildman–Crippen LogP) is 1.41. The van der Waals surface area contributed by atoms with Crippen LogP contribution in [0.1, 0.15) is 32.1 Å². The topological polar surface area (TPSA) is 40.5 Å². The molecule has 0 bridgehead atoms. The van der Waals surface area contributed by atoms with E-state index >= 15 is 0 Å². The highest BCUT2D eigenvalue weighted by molar-refractivity contribution is 7.99. The Morgan fingerprint density at radius 2 is 1.92 bits per heavy atom. The van der Waals surface area contributed by atoms with E-state index in [1.807, 2.05) is 0 Å². The van der Waals surface area contributed by atoms with Gasteiger partial charge in [0.2, 0.25) is 0 Å². The Morgan fingerprint density at radius 1 is 1.17 bits per heavy atom. The summed E-state index contributed by atoms with van der Waals surface area (Å²) in [7, 11) is 0. The summed E-state index contributed by atoms with van der Waals surface area (Å²) < 4.78 is 0. The maximum Gasteiger partial charge on any atom is 0.0658 e. The molecule has 12 heavy (non-hydrogen) atoms. The van der Waals surface area contributed by atoms with Gasteiger partial charge in [0.15, 0.2) is 0 Å². The van der Waals surface area contributed by atoms with Crippen LogP contribution in [-0.4, -0.2) is 33.9 Å². The molecule has 1 rings (SSSR count). The molecule has 72 valence electrons. The summed E-state index contributed by atoms with van der Waals surface area (Å²) >= 11 is 1.72. The zero-order chi connectivity index (χ0) is 8.81. The summed E-state index contributed by atoms with van der Waals surface area (Å²) in [6, 6.07) is 0. The molecule has 0 amide bonds. The molecule has 1 aliphatic carbocycles. The van der Waals surface area contributed by atoms with Gasteiger partial charge in [-0.25, -0.2) is 0 Å². The summed E-state index contributed by atoms with van der Waals surface area (Å²) in [5.74, 6) is 0.766. The van der Waals surface area contributed by atoms with Gasteiger partial charge >= 0.3 is 0 Å². The normalized spacial score (nSPS) is 31.5. The highest BCUT2D eigenvalue weighted by Gasteiger charge is 2.21. The number of rotatable bonds is 3. The van der Waals surface area contributed by atoms with E-state index < -0.39 is 0 Å². The number of thioether (sulfide) groups is 1. The molecule has 0 saturated heterocycles. The van der Waals surface area contributed by atoms with Crippen molar-refractivity contribution in [3.63, 3.8) is 0 Å². The van der Waals surface area contributed by atoms with Gasteiger partial charge in [-0.05, 0) is 12.8 Å². The van der Waals surface area contributed by atoms with Crippen LogP contribution in [0.3, 0.4) is 0 Å². The van der Waals surface area contributed by atoms with Crippen molar-refractivity contribution in [1.82, 2.24) is 0 Å². The molecule has 0 radical (unpaired) electrons. The van der Waals surface area contributed by atoms with E-state index in [0.717, 1.165) is 25.0 Å². The minimum Gasteiger partial charge on any atom is -0.396 e. The van der Waals surface area contributed by atoms with Gasteiger partial charge in [-0.1, -0.05) is 19.3 Å². The third kappa shape index (κ3) is 3.33. The molecular weight excluding hydrogens is 172 g/mol. The molecule has 0 aromatic rings. The van der Waals surface area contributed by atoms with E-state index in [1.165, 1.54) is 12.8 Å². The van der Waals surface area contributed by atoms with E-state index in [-0.39, 0.29) is 12.7 Å². The summed E-state index contributed by atoms with van der Waals surface area (Å²) in [5, 5.41) is 18.7. The Labute approximate surface area is 78.4 Å². The van der Waals surface area contributed by atoms with Gasteiger partial charge in [-0.2, -0.15) is 11.8 Å². The minimum atomic E-state index is -0.135. The second-order valence-corrected chi connectivity index (χ2v) is 4.69. The van der Waals surface area contributed by atoms with Crippen LogP contribution in [0, 0.1) is 0 Å². The predicted molar refractivity (Wildman–Crippen MR) is 52.4 cm³/mol. The molecule has 3 heteroatoms. The first kappa shape index (κ1) is 10.4. The third-order valence-electron chi connectivity index (χ3n) is 2.34. The van der Waals surface area contributed by atoms with Crippen molar-refractivity contribution in [3.8, 4) is 0 Å². The average Bonchev–Trinajstić information content (AvgIpc) is 2.27. The van der Waals surface area contributed by atoms with Crippen molar-refractivity contribution in [1.29, 1.82) is 0 Å². The summed E-state index contributed by atoms with van der Waals surface area (Å²) in [6.07, 6.45) is 5.59. The lowest BCUT2D eigenvalue weighted by Gasteiger charge is -2.18. The first-order chi connectivity index (χ1) is 5.84. The molecule has 0 aromatic carbocycles. The highest BCUT2D eigenvalue weighted by Crippen LogP contribution is 2.27. The van der Waals surface area contributed by atoms with Gasteiger partial charge in [0, 0.05) is 11.0 Å². The summed E-state index contributed by atoms with van der Waals surface area (Å²) in [4.78, 5) is 0. The molecule has 1 fully saturated rings. The van der Waals surface area contributed by atoms with Crippen molar-refractivity contribution in [2.45, 2.75) is 43.5 Å². The van der Waals surface area contributed by atoms with E-state index in [0.29, 0.717) is 5.25 Å². The Hall–Kier alpha value is 0.270. The molecule has 0 aromatic heterocycles. The molecule has 2 nitrogen and oxygen atoms in total. The molecule has 1 saturated carbocycles. The fraction of sp³-hybridized carbons (Fsp3) is 1.00. The maximum atomic E-state index is 9.67. The van der Waals surface area contributed by atoms with Crippen LogP contribution in [0.15, 0.2) is 0 Å². The lowest BCUT2D eigenvalue weighted by atomic mass is 10.1. The van der Waals surface area contributed by atoms with Crippen molar-refractivity contribution in [3.05, 3.63) is 0 Å². The minimum absolute atomic E-state index is 0.135. The second-order valence-electron chi connectivity index (χ2n) is 3.34. The van der Waals surface area contributed by atoms with Gasteiger partial charge in [-0.3, -0.25) is 0 Å². The number of hydrogen-bond acceptors (Lipinski definition) is 3. The van der Waals surface area contributed by atoms with Gasteiger partial charge in [-0.15, -0.1) is 0 Å². The van der Waals surface area contributed by atoms with Crippen LogP contribution in [0.4, 0.5) is 0 Å². The standard InChI is InChI=1S/C9H18O2S/c10-6-7-12-9-5-3-1-2-4-8(9)11/h8-11H,1-7H2. The molecule has 1 aliphatic rings. The lowest BCUT2D eigenvalue weighted by molar-refractivity contribution is 0.163. The van der Waals surface area contributed by atoms with Crippen LogP contribution in [0.5, 0.6) is 0 Å². The Kier molecular flexibility index (Phi) is 5.04. The SMILES string of the molecule is OCCSC1CCCCCC1O. The highest BCUT2D eigenvalue weighted by atomic mass is 32.2. The quantitative estimate of drug-likeness (QED) is 0.661. The van der Waals surface area contributed by atoms with Gasteiger partial charge < -0.3 is 10.2 Å². The molecule has 0 spiro atoms. The molecule has 2 N–H and O–H groups in total. The van der Waals surface area contributed by atoms with Crippen molar-refractivity contribution < 1.29 is 10.2 Å². The van der Waals surface area contributed by atoms with Crippen LogP contribution < -0.4 is 0 Å². The van der Waals surface area contributed by atoms with Crippen LogP contribution in [-0.2, 0) is 0 Å². The maximum absolute atomic E-state index is 9.67. The first-order valence-electron chi connectivity index (χ1n) is 4.75. The third-order valence-corrected chi connectivity index (χ3v) is 3.74. The van der Waals surface area contributed by atoms with Gasteiger partial charge in [0.1, 0.15) is 0 Å².